The number of rotatable bonds is 1. The molecule has 0 amide bonds. The second-order valence-corrected chi connectivity index (χ2v) is 3.97. The Morgan fingerprint density at radius 2 is 1.93 bits per heavy atom. The van der Waals surface area contributed by atoms with Gasteiger partial charge in [0.2, 0.25) is 0 Å². The van der Waals surface area contributed by atoms with Crippen LogP contribution in [-0.4, -0.2) is 10.9 Å². The van der Waals surface area contributed by atoms with Crippen molar-refractivity contribution < 1.29 is 0 Å². The molecule has 0 saturated heterocycles. The Balaban J connectivity index is 1.91. The summed E-state index contributed by atoms with van der Waals surface area (Å²) in [5.41, 5.74) is 2.77. The fourth-order valence-electron chi connectivity index (χ4n) is 2.17. The third kappa shape index (κ3) is 1.50. The van der Waals surface area contributed by atoms with Crippen LogP contribution in [0.5, 0.6) is 0 Å². The van der Waals surface area contributed by atoms with Gasteiger partial charge in [0, 0.05) is 12.4 Å². The van der Waals surface area contributed by atoms with Crippen molar-refractivity contribution >= 4 is 5.57 Å². The summed E-state index contributed by atoms with van der Waals surface area (Å²) in [4.78, 5) is 2.28. The average molecular weight is 195 g/mol. The first kappa shape index (κ1) is 8.54. The molecule has 74 valence electrons. The predicted molar refractivity (Wildman–Crippen MR) is 62.9 cm³/mol. The second-order valence-electron chi connectivity index (χ2n) is 3.97. The number of hydrogen-bond donors (Lipinski definition) is 0. The second kappa shape index (κ2) is 3.43. The molecule has 0 aliphatic carbocycles. The molecule has 0 saturated carbocycles. The lowest BCUT2D eigenvalue weighted by Crippen LogP contribution is -2.20. The molecule has 0 aromatic heterocycles. The minimum atomic E-state index is 0.533. The summed E-state index contributed by atoms with van der Waals surface area (Å²) in [6.07, 6.45) is 12.0. The number of fused-ring (bicyclic) bond motifs is 1. The lowest BCUT2D eigenvalue weighted by atomic mass is 10.0. The lowest BCUT2D eigenvalue weighted by Gasteiger charge is -2.20. The average Bonchev–Trinajstić information content (AvgIpc) is 2.74. The van der Waals surface area contributed by atoms with Crippen LogP contribution in [0.1, 0.15) is 12.0 Å². The SMILES string of the molecule is C1=CC2CC(c3ccccc3)=CN2C=C1. The van der Waals surface area contributed by atoms with E-state index >= 15 is 0 Å². The molecule has 1 aromatic rings. The Kier molecular flexibility index (Phi) is 1.95. The van der Waals surface area contributed by atoms with E-state index in [-0.39, 0.29) is 0 Å². The van der Waals surface area contributed by atoms with E-state index in [1.54, 1.807) is 0 Å². The zero-order valence-electron chi connectivity index (χ0n) is 8.51. The molecule has 2 aliphatic rings. The largest absolute Gasteiger partial charge is 0.347 e. The minimum Gasteiger partial charge on any atom is -0.347 e. The summed E-state index contributed by atoms with van der Waals surface area (Å²) in [7, 11) is 0. The van der Waals surface area contributed by atoms with Gasteiger partial charge in [-0.1, -0.05) is 42.5 Å². The molecular formula is C14H13N. The zero-order chi connectivity index (χ0) is 10.1. The summed E-state index contributed by atoms with van der Waals surface area (Å²) in [5, 5.41) is 0. The highest BCUT2D eigenvalue weighted by molar-refractivity contribution is 5.68. The number of hydrogen-bond acceptors (Lipinski definition) is 1. The first-order valence-corrected chi connectivity index (χ1v) is 5.32. The van der Waals surface area contributed by atoms with Gasteiger partial charge in [-0.2, -0.15) is 0 Å². The number of nitrogens with zero attached hydrogens (tertiary/aromatic N) is 1. The fraction of sp³-hybridized carbons (Fsp3) is 0.143. The zero-order valence-corrected chi connectivity index (χ0v) is 8.51. The van der Waals surface area contributed by atoms with Crippen LogP contribution in [0.15, 0.2) is 61.0 Å². The Morgan fingerprint density at radius 1 is 1.07 bits per heavy atom. The van der Waals surface area contributed by atoms with Crippen molar-refractivity contribution in [3.63, 3.8) is 0 Å². The maximum absolute atomic E-state index is 2.28. The van der Waals surface area contributed by atoms with Crippen LogP contribution in [0.25, 0.3) is 5.57 Å². The van der Waals surface area contributed by atoms with E-state index in [1.807, 2.05) is 0 Å². The quantitative estimate of drug-likeness (QED) is 0.665. The Bertz CT molecular complexity index is 440. The van der Waals surface area contributed by atoms with E-state index in [0.29, 0.717) is 6.04 Å². The van der Waals surface area contributed by atoms with Crippen molar-refractivity contribution in [1.82, 2.24) is 4.90 Å². The Morgan fingerprint density at radius 3 is 2.73 bits per heavy atom. The van der Waals surface area contributed by atoms with Crippen molar-refractivity contribution in [1.29, 1.82) is 0 Å². The van der Waals surface area contributed by atoms with Gasteiger partial charge < -0.3 is 4.90 Å². The number of benzene rings is 1. The maximum atomic E-state index is 2.28. The van der Waals surface area contributed by atoms with Crippen LogP contribution < -0.4 is 0 Å². The monoisotopic (exact) mass is 195 g/mol. The van der Waals surface area contributed by atoms with Crippen LogP contribution >= 0.6 is 0 Å². The molecule has 2 aliphatic heterocycles. The molecule has 3 rings (SSSR count). The molecule has 0 spiro atoms. The standard InChI is InChI=1S/C14H13N/c1-2-6-12(7-3-1)13-10-14-8-4-5-9-15(14)11-13/h1-9,11,14H,10H2. The van der Waals surface area contributed by atoms with Crippen molar-refractivity contribution in [2.75, 3.05) is 0 Å². The molecule has 1 heteroatoms. The first-order chi connectivity index (χ1) is 7.43. The normalized spacial score (nSPS) is 22.8. The topological polar surface area (TPSA) is 3.24 Å². The van der Waals surface area contributed by atoms with Gasteiger partial charge in [-0.05, 0) is 23.6 Å². The smallest absolute Gasteiger partial charge is 0.0554 e. The van der Waals surface area contributed by atoms with Crippen LogP contribution in [0.2, 0.25) is 0 Å². The molecule has 1 nitrogen and oxygen atoms in total. The van der Waals surface area contributed by atoms with Crippen LogP contribution in [0.3, 0.4) is 0 Å². The molecule has 15 heavy (non-hydrogen) atoms. The molecule has 1 unspecified atom stereocenters. The Hall–Kier alpha value is -1.76. The molecule has 0 fully saturated rings. The predicted octanol–water partition coefficient (Wildman–Crippen LogP) is 3.19. The molecule has 0 N–H and O–H groups in total. The van der Waals surface area contributed by atoms with Crippen LogP contribution in [-0.2, 0) is 0 Å². The summed E-state index contributed by atoms with van der Waals surface area (Å²) in [6, 6.07) is 11.1. The van der Waals surface area contributed by atoms with E-state index < -0.39 is 0 Å². The molecule has 0 bridgehead atoms. The van der Waals surface area contributed by atoms with Gasteiger partial charge in [-0.3, -0.25) is 0 Å². The molecule has 2 heterocycles. The molecule has 0 radical (unpaired) electrons. The fourth-order valence-corrected chi connectivity index (χ4v) is 2.17. The highest BCUT2D eigenvalue weighted by Crippen LogP contribution is 2.31. The van der Waals surface area contributed by atoms with E-state index in [0.717, 1.165) is 6.42 Å². The van der Waals surface area contributed by atoms with Gasteiger partial charge in [0.15, 0.2) is 0 Å². The van der Waals surface area contributed by atoms with Gasteiger partial charge in [0.1, 0.15) is 0 Å². The van der Waals surface area contributed by atoms with Crippen molar-refractivity contribution in [3.8, 4) is 0 Å². The van der Waals surface area contributed by atoms with Crippen LogP contribution in [0, 0.1) is 0 Å². The third-order valence-electron chi connectivity index (χ3n) is 2.96. The molecular weight excluding hydrogens is 182 g/mol. The minimum absolute atomic E-state index is 0.533. The van der Waals surface area contributed by atoms with Gasteiger partial charge >= 0.3 is 0 Å². The van der Waals surface area contributed by atoms with Crippen LogP contribution in [0.4, 0.5) is 0 Å². The summed E-state index contributed by atoms with van der Waals surface area (Å²) in [5.74, 6) is 0. The first-order valence-electron chi connectivity index (χ1n) is 5.32. The maximum Gasteiger partial charge on any atom is 0.0554 e. The van der Waals surface area contributed by atoms with E-state index in [4.69, 9.17) is 0 Å². The number of allylic oxidation sites excluding steroid dienone is 2. The van der Waals surface area contributed by atoms with Crippen molar-refractivity contribution in [2.45, 2.75) is 12.5 Å². The third-order valence-corrected chi connectivity index (χ3v) is 2.96. The van der Waals surface area contributed by atoms with Gasteiger partial charge in [-0.15, -0.1) is 0 Å². The molecule has 1 aromatic carbocycles. The van der Waals surface area contributed by atoms with Gasteiger partial charge in [0.05, 0.1) is 6.04 Å². The van der Waals surface area contributed by atoms with E-state index in [9.17, 15) is 0 Å². The summed E-state index contributed by atoms with van der Waals surface area (Å²) >= 11 is 0. The van der Waals surface area contributed by atoms with E-state index in [2.05, 4.69) is 65.9 Å². The van der Waals surface area contributed by atoms with Crippen molar-refractivity contribution in [2.24, 2.45) is 0 Å². The van der Waals surface area contributed by atoms with Gasteiger partial charge in [0.25, 0.3) is 0 Å². The summed E-state index contributed by atoms with van der Waals surface area (Å²) < 4.78 is 0. The Labute approximate surface area is 90.0 Å². The highest BCUT2D eigenvalue weighted by Gasteiger charge is 2.22. The lowest BCUT2D eigenvalue weighted by molar-refractivity contribution is 0.456. The molecule has 1 atom stereocenters. The highest BCUT2D eigenvalue weighted by atomic mass is 15.1. The van der Waals surface area contributed by atoms with Crippen molar-refractivity contribution in [3.05, 3.63) is 66.5 Å². The summed E-state index contributed by atoms with van der Waals surface area (Å²) in [6.45, 7) is 0. The van der Waals surface area contributed by atoms with E-state index in [1.165, 1.54) is 11.1 Å². The van der Waals surface area contributed by atoms with Gasteiger partial charge in [-0.25, -0.2) is 0 Å².